The van der Waals surface area contributed by atoms with Gasteiger partial charge < -0.3 is 25.0 Å². The third-order valence-electron chi connectivity index (χ3n) is 3.63. The number of aryl methyl sites for hydroxylation is 1. The summed E-state index contributed by atoms with van der Waals surface area (Å²) in [5.41, 5.74) is 2.73. The lowest BCUT2D eigenvalue weighted by atomic mass is 10.1. The lowest BCUT2D eigenvalue weighted by molar-refractivity contribution is -0.384. The molecule has 0 unspecified atom stereocenters. The Kier molecular flexibility index (Phi) is 8.87. The minimum Gasteiger partial charge on any atom is -0.493 e. The first kappa shape index (κ1) is 23.7. The van der Waals surface area contributed by atoms with E-state index >= 15 is 0 Å². The van der Waals surface area contributed by atoms with Crippen LogP contribution in [0.25, 0.3) is 0 Å². The number of carbonyl (C=O) groups is 2. The fourth-order valence-electron chi connectivity index (χ4n) is 2.18. The number of hydrogen-bond donors (Lipinski definition) is 3. The van der Waals surface area contributed by atoms with E-state index in [1.54, 1.807) is 26.4 Å². The molecule has 0 amide bonds. The Morgan fingerprint density at radius 1 is 1.10 bits per heavy atom. The summed E-state index contributed by atoms with van der Waals surface area (Å²) in [5.74, 6) is -2.35. The average molecular weight is 471 g/mol. The minimum atomic E-state index is -1.82. The van der Waals surface area contributed by atoms with E-state index in [0.29, 0.717) is 18.0 Å². The average Bonchev–Trinajstić information content (AvgIpc) is 2.67. The van der Waals surface area contributed by atoms with E-state index in [1.807, 2.05) is 19.1 Å². The Morgan fingerprint density at radius 3 is 2.10 bits per heavy atom. The number of nitro groups is 1. The molecule has 0 heterocycles. The minimum absolute atomic E-state index is 0.0837. The molecule has 0 aliphatic carbocycles. The quantitative estimate of drug-likeness (QED) is 0.327. The molecule has 0 saturated carbocycles. The zero-order valence-corrected chi connectivity index (χ0v) is 17.3. The Bertz CT molecular complexity index is 905. The zero-order valence-electron chi connectivity index (χ0n) is 15.8. The molecule has 0 saturated heterocycles. The van der Waals surface area contributed by atoms with Crippen LogP contribution in [0.4, 0.5) is 11.4 Å². The molecule has 3 N–H and O–H groups in total. The van der Waals surface area contributed by atoms with Crippen molar-refractivity contribution in [1.82, 2.24) is 0 Å². The van der Waals surface area contributed by atoms with E-state index in [0.717, 1.165) is 21.3 Å². The number of non-ortho nitro benzene ring substituents is 1. The third kappa shape index (κ3) is 6.96. The van der Waals surface area contributed by atoms with Gasteiger partial charge in [-0.2, -0.15) is 0 Å². The first-order chi connectivity index (χ1) is 13.6. The molecular formula is C18H19BrN2O8. The predicted molar refractivity (Wildman–Crippen MR) is 108 cm³/mol. The van der Waals surface area contributed by atoms with Crippen molar-refractivity contribution in [3.63, 3.8) is 0 Å². The largest absolute Gasteiger partial charge is 0.493 e. The highest BCUT2D eigenvalue weighted by atomic mass is 79.9. The van der Waals surface area contributed by atoms with E-state index in [1.165, 1.54) is 6.07 Å². The van der Waals surface area contributed by atoms with Gasteiger partial charge in [0, 0.05) is 28.8 Å². The van der Waals surface area contributed by atoms with Gasteiger partial charge in [-0.3, -0.25) is 10.1 Å². The number of carboxylic acids is 2. The highest BCUT2D eigenvalue weighted by Crippen LogP contribution is 2.33. The van der Waals surface area contributed by atoms with Gasteiger partial charge in [0.15, 0.2) is 11.5 Å². The normalized spacial score (nSPS) is 9.66. The number of halogens is 1. The van der Waals surface area contributed by atoms with Crippen molar-refractivity contribution in [2.45, 2.75) is 13.5 Å². The van der Waals surface area contributed by atoms with Gasteiger partial charge in [-0.05, 0) is 36.2 Å². The number of carboxylic acid groups (broad SMARTS) is 2. The molecule has 156 valence electrons. The summed E-state index contributed by atoms with van der Waals surface area (Å²) < 4.78 is 11.4. The van der Waals surface area contributed by atoms with E-state index in [9.17, 15) is 10.1 Å². The molecule has 10 nitrogen and oxygen atoms in total. The summed E-state index contributed by atoms with van der Waals surface area (Å²) in [6.07, 6.45) is 0. The molecule has 0 atom stereocenters. The number of hydrogen-bond acceptors (Lipinski definition) is 7. The van der Waals surface area contributed by atoms with Crippen molar-refractivity contribution in [2.75, 3.05) is 19.5 Å². The molecule has 0 radical (unpaired) electrons. The van der Waals surface area contributed by atoms with Crippen molar-refractivity contribution in [3.05, 3.63) is 56.0 Å². The molecule has 29 heavy (non-hydrogen) atoms. The van der Waals surface area contributed by atoms with Gasteiger partial charge in [-0.25, -0.2) is 9.59 Å². The summed E-state index contributed by atoms with van der Waals surface area (Å²) in [6, 6.07) is 8.47. The van der Waals surface area contributed by atoms with E-state index in [-0.39, 0.29) is 5.69 Å². The highest BCUT2D eigenvalue weighted by Gasteiger charge is 2.11. The van der Waals surface area contributed by atoms with Crippen LogP contribution in [0.15, 0.2) is 34.8 Å². The van der Waals surface area contributed by atoms with Crippen molar-refractivity contribution in [1.29, 1.82) is 0 Å². The Labute approximate surface area is 174 Å². The Morgan fingerprint density at radius 2 is 1.66 bits per heavy atom. The second-order valence-electron chi connectivity index (χ2n) is 5.52. The fourth-order valence-corrected chi connectivity index (χ4v) is 2.64. The summed E-state index contributed by atoms with van der Waals surface area (Å²) in [6.45, 7) is 2.37. The van der Waals surface area contributed by atoms with Crippen LogP contribution in [0.1, 0.15) is 11.1 Å². The molecule has 2 aromatic rings. The smallest absolute Gasteiger partial charge is 0.414 e. The molecule has 0 spiro atoms. The maximum absolute atomic E-state index is 10.8. The number of methoxy groups -OCH3 is 2. The molecular weight excluding hydrogens is 452 g/mol. The third-order valence-corrected chi connectivity index (χ3v) is 4.36. The van der Waals surface area contributed by atoms with E-state index in [4.69, 9.17) is 29.3 Å². The van der Waals surface area contributed by atoms with Gasteiger partial charge in [0.2, 0.25) is 0 Å². The highest BCUT2D eigenvalue weighted by molar-refractivity contribution is 9.10. The number of nitro benzene ring substituents is 1. The number of nitrogens with one attached hydrogen (secondary N) is 1. The van der Waals surface area contributed by atoms with Crippen LogP contribution in [0.5, 0.6) is 11.5 Å². The van der Waals surface area contributed by atoms with Gasteiger partial charge in [-0.15, -0.1) is 0 Å². The summed E-state index contributed by atoms with van der Waals surface area (Å²) in [7, 11) is 3.17. The van der Waals surface area contributed by atoms with Crippen LogP contribution in [-0.2, 0) is 16.1 Å². The Balaban J connectivity index is 0.000000612. The number of benzene rings is 2. The van der Waals surface area contributed by atoms with Gasteiger partial charge in [0.1, 0.15) is 0 Å². The summed E-state index contributed by atoms with van der Waals surface area (Å²) >= 11 is 3.51. The van der Waals surface area contributed by atoms with Crippen LogP contribution >= 0.6 is 15.9 Å². The molecule has 11 heteroatoms. The second-order valence-corrected chi connectivity index (χ2v) is 6.37. The van der Waals surface area contributed by atoms with Crippen LogP contribution in [0.3, 0.4) is 0 Å². The number of nitrogens with zero attached hydrogens (tertiary/aromatic N) is 1. The van der Waals surface area contributed by atoms with Crippen molar-refractivity contribution >= 4 is 39.2 Å². The monoisotopic (exact) mass is 470 g/mol. The van der Waals surface area contributed by atoms with Crippen LogP contribution in [0.2, 0.25) is 0 Å². The van der Waals surface area contributed by atoms with Crippen molar-refractivity contribution in [2.24, 2.45) is 0 Å². The number of ether oxygens (including phenoxy) is 2. The topological polar surface area (TPSA) is 148 Å². The number of aliphatic carboxylic acids is 2. The van der Waals surface area contributed by atoms with Gasteiger partial charge in [0.25, 0.3) is 5.69 Å². The van der Waals surface area contributed by atoms with Gasteiger partial charge >= 0.3 is 11.9 Å². The van der Waals surface area contributed by atoms with Gasteiger partial charge in [0.05, 0.1) is 19.1 Å². The summed E-state index contributed by atoms with van der Waals surface area (Å²) in [4.78, 5) is 28.6. The predicted octanol–water partition coefficient (Wildman–Crippen LogP) is 3.45. The molecule has 0 bridgehead atoms. The lowest BCUT2D eigenvalue weighted by Crippen LogP contribution is -2.09. The lowest BCUT2D eigenvalue weighted by Gasteiger charge is -2.14. The number of anilines is 1. The zero-order chi connectivity index (χ0) is 22.1. The standard InChI is InChI=1S/C16H17BrN2O4.C2H2O4/c1-10-6-12(19(20)21)4-5-14(10)18-9-11-7-15(22-2)16(23-3)8-13(11)17;3-1(4)2(5)6/h4-8,18H,9H2,1-3H3;(H,3,4)(H,5,6). The first-order valence-electron chi connectivity index (χ1n) is 7.96. The second kappa shape index (κ2) is 10.9. The number of rotatable bonds is 6. The molecule has 0 aliphatic rings. The fraction of sp³-hybridized carbons (Fsp3) is 0.222. The molecule has 0 aliphatic heterocycles. The van der Waals surface area contributed by atoms with E-state index in [2.05, 4.69) is 21.2 Å². The maximum Gasteiger partial charge on any atom is 0.414 e. The van der Waals surface area contributed by atoms with Crippen molar-refractivity contribution in [3.8, 4) is 11.5 Å². The van der Waals surface area contributed by atoms with Gasteiger partial charge in [-0.1, -0.05) is 15.9 Å². The van der Waals surface area contributed by atoms with Crippen LogP contribution in [-0.4, -0.2) is 41.3 Å². The first-order valence-corrected chi connectivity index (χ1v) is 8.75. The Hall–Kier alpha value is -3.34. The van der Waals surface area contributed by atoms with Crippen LogP contribution < -0.4 is 14.8 Å². The maximum atomic E-state index is 10.8. The summed E-state index contributed by atoms with van der Waals surface area (Å²) in [5, 5.41) is 28.8. The molecule has 2 rings (SSSR count). The molecule has 0 aromatic heterocycles. The molecule has 2 aromatic carbocycles. The molecule has 0 fully saturated rings. The van der Waals surface area contributed by atoms with Crippen molar-refractivity contribution < 1.29 is 34.2 Å². The van der Waals surface area contributed by atoms with E-state index < -0.39 is 16.9 Å². The SMILES string of the molecule is COc1cc(Br)c(CNc2ccc([N+](=O)[O-])cc2C)cc1OC.O=C(O)C(=O)O. The van der Waals surface area contributed by atoms with Crippen LogP contribution in [0, 0.1) is 17.0 Å².